The fourth-order valence-corrected chi connectivity index (χ4v) is 5.10. The fourth-order valence-electron chi connectivity index (χ4n) is 3.66. The zero-order valence-electron chi connectivity index (χ0n) is 16.2. The number of hydrogen-bond acceptors (Lipinski definition) is 4. The van der Waals surface area contributed by atoms with Crippen LogP contribution in [-0.2, 0) is 4.79 Å². The average Bonchev–Trinajstić information content (AvgIpc) is 2.75. The predicted molar refractivity (Wildman–Crippen MR) is 122 cm³/mol. The fraction of sp³-hybridized carbons (Fsp3) is 0.304. The summed E-state index contributed by atoms with van der Waals surface area (Å²) in [5, 5.41) is 5.41. The molecule has 0 bridgehead atoms. The van der Waals surface area contributed by atoms with Crippen LogP contribution in [0.25, 0.3) is 10.9 Å². The number of benzene rings is 2. The minimum atomic E-state index is 0.138. The number of anilines is 1. The Morgan fingerprint density at radius 3 is 2.86 bits per heavy atom. The highest BCUT2D eigenvalue weighted by Gasteiger charge is 2.29. The molecule has 1 saturated heterocycles. The van der Waals surface area contributed by atoms with Crippen LogP contribution >= 0.6 is 23.4 Å². The molecule has 1 unspecified atom stereocenters. The summed E-state index contributed by atoms with van der Waals surface area (Å²) in [6, 6.07) is 18.1. The number of fused-ring (bicyclic) bond motifs is 1. The highest BCUT2D eigenvalue weighted by Crippen LogP contribution is 2.37. The SMILES string of the molecule is O=C1CCSC(c2ccccc2)N1CCCCNc1ccnc2cc(Cl)ccc12. The van der Waals surface area contributed by atoms with Gasteiger partial charge in [-0.05, 0) is 42.7 Å². The highest BCUT2D eigenvalue weighted by atomic mass is 35.5. The second-order valence-electron chi connectivity index (χ2n) is 7.12. The van der Waals surface area contributed by atoms with Crippen LogP contribution in [0.5, 0.6) is 0 Å². The van der Waals surface area contributed by atoms with Crippen LogP contribution in [0.3, 0.4) is 0 Å². The van der Waals surface area contributed by atoms with Crippen LogP contribution < -0.4 is 5.32 Å². The molecule has 4 rings (SSSR count). The summed E-state index contributed by atoms with van der Waals surface area (Å²) >= 11 is 7.93. The largest absolute Gasteiger partial charge is 0.384 e. The monoisotopic (exact) mass is 425 g/mol. The minimum Gasteiger partial charge on any atom is -0.384 e. The molecule has 29 heavy (non-hydrogen) atoms. The van der Waals surface area contributed by atoms with Crippen LogP contribution in [-0.4, -0.2) is 34.6 Å². The molecule has 0 radical (unpaired) electrons. The first-order valence-electron chi connectivity index (χ1n) is 9.96. The third-order valence-electron chi connectivity index (χ3n) is 5.13. The molecule has 6 heteroatoms. The molecule has 1 fully saturated rings. The van der Waals surface area contributed by atoms with Gasteiger partial charge in [-0.15, -0.1) is 11.8 Å². The van der Waals surface area contributed by atoms with E-state index in [-0.39, 0.29) is 11.3 Å². The molecule has 2 aromatic carbocycles. The van der Waals surface area contributed by atoms with Gasteiger partial charge in [-0.25, -0.2) is 0 Å². The summed E-state index contributed by atoms with van der Waals surface area (Å²) in [4.78, 5) is 18.9. The number of unbranched alkanes of at least 4 members (excludes halogenated alkanes) is 1. The van der Waals surface area contributed by atoms with E-state index in [1.54, 1.807) is 6.20 Å². The van der Waals surface area contributed by atoms with Crippen LogP contribution in [0.1, 0.15) is 30.2 Å². The van der Waals surface area contributed by atoms with E-state index in [1.165, 1.54) is 5.56 Å². The van der Waals surface area contributed by atoms with Gasteiger partial charge in [0.25, 0.3) is 0 Å². The van der Waals surface area contributed by atoms with E-state index in [0.717, 1.165) is 48.3 Å². The Morgan fingerprint density at radius 1 is 1.14 bits per heavy atom. The number of carbonyl (C=O) groups is 1. The summed E-state index contributed by atoms with van der Waals surface area (Å²) in [7, 11) is 0. The van der Waals surface area contributed by atoms with Crippen molar-refractivity contribution >= 4 is 45.9 Å². The first-order valence-corrected chi connectivity index (χ1v) is 11.4. The number of aromatic nitrogens is 1. The molecule has 1 aromatic heterocycles. The van der Waals surface area contributed by atoms with E-state index in [2.05, 4.69) is 22.4 Å². The van der Waals surface area contributed by atoms with E-state index in [4.69, 9.17) is 11.6 Å². The van der Waals surface area contributed by atoms with Gasteiger partial charge in [0.15, 0.2) is 0 Å². The van der Waals surface area contributed by atoms with Crippen molar-refractivity contribution in [2.75, 3.05) is 24.2 Å². The summed E-state index contributed by atoms with van der Waals surface area (Å²) in [6.07, 6.45) is 4.40. The maximum atomic E-state index is 12.5. The van der Waals surface area contributed by atoms with Gasteiger partial charge in [-0.3, -0.25) is 9.78 Å². The van der Waals surface area contributed by atoms with Crippen molar-refractivity contribution in [3.63, 3.8) is 0 Å². The standard InChI is InChI=1S/C23H24ClN3OS/c24-18-8-9-19-20(10-13-26-21(19)16-18)25-12-4-5-14-27-22(28)11-15-29-23(27)17-6-2-1-3-7-17/h1-3,6-10,13,16,23H,4-5,11-12,14-15H2,(H,25,26). The molecule has 1 aliphatic heterocycles. The molecule has 1 amide bonds. The van der Waals surface area contributed by atoms with Crippen molar-refractivity contribution in [3.8, 4) is 0 Å². The number of amides is 1. The zero-order valence-corrected chi connectivity index (χ0v) is 17.8. The van der Waals surface area contributed by atoms with E-state index in [9.17, 15) is 4.79 Å². The number of hydrogen-bond donors (Lipinski definition) is 1. The van der Waals surface area contributed by atoms with E-state index in [1.807, 2.05) is 59.1 Å². The molecular formula is C23H24ClN3OS. The minimum absolute atomic E-state index is 0.138. The Morgan fingerprint density at radius 2 is 2.00 bits per heavy atom. The Hall–Kier alpha value is -2.24. The molecule has 1 N–H and O–H groups in total. The normalized spacial score (nSPS) is 16.9. The van der Waals surface area contributed by atoms with Gasteiger partial charge in [0.1, 0.15) is 5.37 Å². The zero-order chi connectivity index (χ0) is 20.1. The molecule has 0 saturated carbocycles. The van der Waals surface area contributed by atoms with Crippen LogP contribution in [0, 0.1) is 0 Å². The summed E-state index contributed by atoms with van der Waals surface area (Å²) in [5.41, 5.74) is 3.17. The van der Waals surface area contributed by atoms with Crippen molar-refractivity contribution in [2.45, 2.75) is 24.6 Å². The smallest absolute Gasteiger partial charge is 0.224 e. The van der Waals surface area contributed by atoms with Crippen LogP contribution in [0.4, 0.5) is 5.69 Å². The lowest BCUT2D eigenvalue weighted by atomic mass is 10.1. The maximum absolute atomic E-state index is 12.5. The van der Waals surface area contributed by atoms with Gasteiger partial charge in [0, 0.05) is 47.6 Å². The Labute approximate surface area is 180 Å². The number of nitrogens with one attached hydrogen (secondary N) is 1. The van der Waals surface area contributed by atoms with Gasteiger partial charge in [-0.1, -0.05) is 41.9 Å². The second kappa shape index (κ2) is 9.51. The number of carbonyl (C=O) groups excluding carboxylic acids is 1. The number of pyridine rings is 1. The first-order chi connectivity index (χ1) is 14.2. The average molecular weight is 426 g/mol. The van der Waals surface area contributed by atoms with E-state index < -0.39 is 0 Å². The summed E-state index contributed by atoms with van der Waals surface area (Å²) < 4.78 is 0. The Kier molecular flexibility index (Phi) is 6.57. The Bertz CT molecular complexity index is 982. The van der Waals surface area contributed by atoms with E-state index in [0.29, 0.717) is 11.4 Å². The van der Waals surface area contributed by atoms with Crippen molar-refractivity contribution in [1.82, 2.24) is 9.88 Å². The lowest BCUT2D eigenvalue weighted by molar-refractivity contribution is -0.132. The van der Waals surface area contributed by atoms with Gasteiger partial charge in [0.05, 0.1) is 5.52 Å². The third-order valence-corrected chi connectivity index (χ3v) is 6.64. The lowest BCUT2D eigenvalue weighted by Gasteiger charge is -2.35. The first kappa shape index (κ1) is 20.0. The number of halogens is 1. The molecule has 0 spiro atoms. The molecule has 1 aliphatic rings. The van der Waals surface area contributed by atoms with Gasteiger partial charge >= 0.3 is 0 Å². The predicted octanol–water partition coefficient (Wildman–Crippen LogP) is 5.74. The molecule has 1 atom stereocenters. The number of rotatable bonds is 7. The van der Waals surface area contributed by atoms with Gasteiger partial charge < -0.3 is 10.2 Å². The third kappa shape index (κ3) is 4.85. The molecular weight excluding hydrogens is 402 g/mol. The van der Waals surface area contributed by atoms with Crippen molar-refractivity contribution in [2.24, 2.45) is 0 Å². The molecule has 2 heterocycles. The highest BCUT2D eigenvalue weighted by molar-refractivity contribution is 7.99. The lowest BCUT2D eigenvalue weighted by Crippen LogP contribution is -2.38. The summed E-state index contributed by atoms with van der Waals surface area (Å²) in [6.45, 7) is 1.65. The van der Waals surface area contributed by atoms with Crippen molar-refractivity contribution < 1.29 is 4.79 Å². The number of thioether (sulfide) groups is 1. The van der Waals surface area contributed by atoms with E-state index >= 15 is 0 Å². The van der Waals surface area contributed by atoms with Crippen molar-refractivity contribution in [3.05, 3.63) is 71.4 Å². The van der Waals surface area contributed by atoms with Crippen LogP contribution in [0.2, 0.25) is 5.02 Å². The van der Waals surface area contributed by atoms with Gasteiger partial charge in [-0.2, -0.15) is 0 Å². The van der Waals surface area contributed by atoms with Crippen LogP contribution in [0.15, 0.2) is 60.8 Å². The molecule has 150 valence electrons. The summed E-state index contributed by atoms with van der Waals surface area (Å²) in [5.74, 6) is 1.16. The van der Waals surface area contributed by atoms with Gasteiger partial charge in [0.2, 0.25) is 5.91 Å². The molecule has 4 nitrogen and oxygen atoms in total. The molecule has 3 aromatic rings. The topological polar surface area (TPSA) is 45.2 Å². The van der Waals surface area contributed by atoms with Crippen molar-refractivity contribution in [1.29, 1.82) is 0 Å². The number of nitrogens with zero attached hydrogens (tertiary/aromatic N) is 2. The maximum Gasteiger partial charge on any atom is 0.224 e. The Balaban J connectivity index is 1.32. The quantitative estimate of drug-likeness (QED) is 0.490. The molecule has 0 aliphatic carbocycles. The second-order valence-corrected chi connectivity index (χ2v) is 8.75.